The highest BCUT2D eigenvalue weighted by atomic mass is 35.5. The fourth-order valence-corrected chi connectivity index (χ4v) is 2.84. The molecule has 0 fully saturated rings. The number of alkyl halides is 1. The third-order valence-corrected chi connectivity index (χ3v) is 4.02. The van der Waals surface area contributed by atoms with E-state index in [-0.39, 0.29) is 5.92 Å². The van der Waals surface area contributed by atoms with E-state index in [1.54, 1.807) is 7.11 Å². The van der Waals surface area contributed by atoms with Crippen LogP contribution in [0.3, 0.4) is 0 Å². The third-order valence-electron chi connectivity index (χ3n) is 3.41. The van der Waals surface area contributed by atoms with E-state index < -0.39 is 0 Å². The van der Waals surface area contributed by atoms with Crippen LogP contribution in [0.1, 0.15) is 22.6 Å². The second kappa shape index (κ2) is 7.01. The van der Waals surface area contributed by atoms with Crippen LogP contribution in [0.15, 0.2) is 42.5 Å². The molecule has 0 saturated carbocycles. The molecule has 0 aliphatic heterocycles. The molecule has 0 aliphatic carbocycles. The van der Waals surface area contributed by atoms with Crippen LogP contribution in [0.25, 0.3) is 0 Å². The molecule has 1 unspecified atom stereocenters. The van der Waals surface area contributed by atoms with Gasteiger partial charge in [0.2, 0.25) is 0 Å². The van der Waals surface area contributed by atoms with Crippen LogP contribution in [0.4, 0.5) is 0 Å². The zero-order valence-electron chi connectivity index (χ0n) is 11.7. The summed E-state index contributed by atoms with van der Waals surface area (Å²) in [6.45, 7) is 2.09. The van der Waals surface area contributed by atoms with Crippen molar-refractivity contribution in [3.05, 3.63) is 64.2 Å². The normalized spacial score (nSPS) is 12.2. The van der Waals surface area contributed by atoms with Crippen LogP contribution in [-0.4, -0.2) is 13.0 Å². The first kappa shape index (κ1) is 15.2. The predicted molar refractivity (Wildman–Crippen MR) is 86.3 cm³/mol. The molecule has 2 rings (SSSR count). The molecule has 1 atom stereocenters. The van der Waals surface area contributed by atoms with Gasteiger partial charge in [-0.3, -0.25) is 0 Å². The maximum absolute atomic E-state index is 6.17. The molecule has 0 N–H and O–H groups in total. The standard InChI is InChI=1S/C17H18Cl2O/c1-12-4-3-5-13(8-12)15(11-18)9-14-10-16(19)6-7-17(14)20-2/h3-8,10,15H,9,11H2,1-2H3. The van der Waals surface area contributed by atoms with Crippen molar-refractivity contribution >= 4 is 23.2 Å². The van der Waals surface area contributed by atoms with E-state index in [0.29, 0.717) is 5.88 Å². The fourth-order valence-electron chi connectivity index (χ4n) is 2.36. The first-order valence-electron chi connectivity index (χ1n) is 6.59. The van der Waals surface area contributed by atoms with Crippen molar-refractivity contribution in [2.45, 2.75) is 19.3 Å². The molecule has 2 aromatic rings. The Balaban J connectivity index is 2.28. The van der Waals surface area contributed by atoms with E-state index in [9.17, 15) is 0 Å². The van der Waals surface area contributed by atoms with Gasteiger partial charge in [0.15, 0.2) is 0 Å². The molecule has 3 heteroatoms. The van der Waals surface area contributed by atoms with E-state index in [2.05, 4.69) is 31.2 Å². The Morgan fingerprint density at radius 3 is 2.60 bits per heavy atom. The summed E-state index contributed by atoms with van der Waals surface area (Å²) in [5.74, 6) is 1.68. The zero-order valence-corrected chi connectivity index (χ0v) is 13.2. The van der Waals surface area contributed by atoms with E-state index in [1.165, 1.54) is 11.1 Å². The number of ether oxygens (including phenoxy) is 1. The number of rotatable bonds is 5. The first-order chi connectivity index (χ1) is 9.63. The summed E-state index contributed by atoms with van der Waals surface area (Å²) in [5, 5.41) is 0.721. The van der Waals surface area contributed by atoms with Crippen molar-refractivity contribution in [3.63, 3.8) is 0 Å². The number of benzene rings is 2. The number of halogens is 2. The van der Waals surface area contributed by atoms with E-state index in [0.717, 1.165) is 22.8 Å². The Morgan fingerprint density at radius 1 is 1.15 bits per heavy atom. The molecule has 0 heterocycles. The van der Waals surface area contributed by atoms with Crippen LogP contribution in [-0.2, 0) is 6.42 Å². The highest BCUT2D eigenvalue weighted by Gasteiger charge is 2.14. The summed E-state index contributed by atoms with van der Waals surface area (Å²) in [5.41, 5.74) is 3.59. The summed E-state index contributed by atoms with van der Waals surface area (Å²) in [6.07, 6.45) is 0.816. The van der Waals surface area contributed by atoms with Crippen molar-refractivity contribution in [2.24, 2.45) is 0 Å². The molecular weight excluding hydrogens is 291 g/mol. The van der Waals surface area contributed by atoms with Crippen molar-refractivity contribution in [1.29, 1.82) is 0 Å². The van der Waals surface area contributed by atoms with Crippen LogP contribution < -0.4 is 4.74 Å². The molecule has 0 amide bonds. The van der Waals surface area contributed by atoms with E-state index in [4.69, 9.17) is 27.9 Å². The smallest absolute Gasteiger partial charge is 0.122 e. The fraction of sp³-hybridized carbons (Fsp3) is 0.294. The Kier molecular flexibility index (Phi) is 5.33. The molecule has 1 nitrogen and oxygen atoms in total. The number of hydrogen-bond donors (Lipinski definition) is 0. The van der Waals surface area contributed by atoms with Gasteiger partial charge in [0.05, 0.1) is 7.11 Å². The van der Waals surface area contributed by atoms with Gasteiger partial charge in [-0.1, -0.05) is 41.4 Å². The predicted octanol–water partition coefficient (Wildman–Crippen LogP) is 5.22. The number of hydrogen-bond acceptors (Lipinski definition) is 1. The second-order valence-electron chi connectivity index (χ2n) is 4.93. The molecule has 20 heavy (non-hydrogen) atoms. The molecule has 0 saturated heterocycles. The maximum atomic E-state index is 6.17. The summed E-state index contributed by atoms with van der Waals surface area (Å²) in [7, 11) is 1.68. The van der Waals surface area contributed by atoms with Crippen LogP contribution in [0.5, 0.6) is 5.75 Å². The molecule has 0 bridgehead atoms. The largest absolute Gasteiger partial charge is 0.496 e. The van der Waals surface area contributed by atoms with Gasteiger partial charge in [-0.05, 0) is 42.7 Å². The minimum Gasteiger partial charge on any atom is -0.496 e. The summed E-state index contributed by atoms with van der Waals surface area (Å²) >= 11 is 12.2. The van der Waals surface area contributed by atoms with Gasteiger partial charge < -0.3 is 4.74 Å². The lowest BCUT2D eigenvalue weighted by molar-refractivity contribution is 0.408. The highest BCUT2D eigenvalue weighted by Crippen LogP contribution is 2.30. The summed E-state index contributed by atoms with van der Waals surface area (Å²) < 4.78 is 5.40. The molecule has 0 spiro atoms. The Bertz CT molecular complexity index is 581. The van der Waals surface area contributed by atoms with E-state index in [1.807, 2.05) is 18.2 Å². The maximum Gasteiger partial charge on any atom is 0.122 e. The van der Waals surface area contributed by atoms with Crippen LogP contribution >= 0.6 is 23.2 Å². The number of aryl methyl sites for hydroxylation is 1. The van der Waals surface area contributed by atoms with Crippen molar-refractivity contribution in [1.82, 2.24) is 0 Å². The number of methoxy groups -OCH3 is 1. The van der Waals surface area contributed by atoms with Gasteiger partial charge in [0.1, 0.15) is 5.75 Å². The van der Waals surface area contributed by atoms with Gasteiger partial charge in [-0.15, -0.1) is 11.6 Å². The second-order valence-corrected chi connectivity index (χ2v) is 5.67. The SMILES string of the molecule is COc1ccc(Cl)cc1CC(CCl)c1cccc(C)c1. The lowest BCUT2D eigenvalue weighted by atomic mass is 9.92. The quantitative estimate of drug-likeness (QED) is 0.688. The molecule has 0 aliphatic rings. The molecule has 0 aromatic heterocycles. The first-order valence-corrected chi connectivity index (χ1v) is 7.50. The third kappa shape index (κ3) is 3.68. The molecular formula is C17H18Cl2O. The average molecular weight is 309 g/mol. The average Bonchev–Trinajstić information content (AvgIpc) is 2.45. The Morgan fingerprint density at radius 2 is 1.95 bits per heavy atom. The van der Waals surface area contributed by atoms with Crippen molar-refractivity contribution in [2.75, 3.05) is 13.0 Å². The minimum atomic E-state index is 0.254. The van der Waals surface area contributed by atoms with Gasteiger partial charge in [0.25, 0.3) is 0 Å². The monoisotopic (exact) mass is 308 g/mol. The van der Waals surface area contributed by atoms with Gasteiger partial charge in [-0.25, -0.2) is 0 Å². The van der Waals surface area contributed by atoms with Crippen LogP contribution in [0, 0.1) is 6.92 Å². The van der Waals surface area contributed by atoms with Gasteiger partial charge in [-0.2, -0.15) is 0 Å². The van der Waals surface area contributed by atoms with Crippen molar-refractivity contribution < 1.29 is 4.74 Å². The zero-order chi connectivity index (χ0) is 14.5. The lowest BCUT2D eigenvalue weighted by Gasteiger charge is -2.17. The van der Waals surface area contributed by atoms with Crippen molar-refractivity contribution in [3.8, 4) is 5.75 Å². The Labute approximate surface area is 130 Å². The lowest BCUT2D eigenvalue weighted by Crippen LogP contribution is -2.06. The molecule has 0 radical (unpaired) electrons. The topological polar surface area (TPSA) is 9.23 Å². The van der Waals surface area contributed by atoms with Gasteiger partial charge >= 0.3 is 0 Å². The Hall–Kier alpha value is -1.18. The summed E-state index contributed by atoms with van der Waals surface area (Å²) in [4.78, 5) is 0. The highest BCUT2D eigenvalue weighted by molar-refractivity contribution is 6.30. The van der Waals surface area contributed by atoms with E-state index >= 15 is 0 Å². The van der Waals surface area contributed by atoms with Crippen LogP contribution in [0.2, 0.25) is 5.02 Å². The minimum absolute atomic E-state index is 0.254. The molecule has 2 aromatic carbocycles. The summed E-state index contributed by atoms with van der Waals surface area (Å²) in [6, 6.07) is 14.2. The van der Waals surface area contributed by atoms with Gasteiger partial charge in [0, 0.05) is 16.8 Å². The molecule has 106 valence electrons.